The molecular weight excluding hydrogens is 569 g/mol. The molecular formula is C45H38N2. The van der Waals surface area contributed by atoms with Gasteiger partial charge in [-0.3, -0.25) is 0 Å². The number of hydrogen-bond acceptors (Lipinski definition) is 1. The maximum Gasteiger partial charge on any atom is 0.0597 e. The minimum atomic E-state index is -0.0777. The first-order valence-electron chi connectivity index (χ1n) is 16.9. The number of aromatic nitrogens is 1. The van der Waals surface area contributed by atoms with E-state index in [1.54, 1.807) is 0 Å². The van der Waals surface area contributed by atoms with E-state index in [-0.39, 0.29) is 5.41 Å². The van der Waals surface area contributed by atoms with Crippen molar-refractivity contribution in [2.45, 2.75) is 44.1 Å². The molecule has 2 aliphatic carbocycles. The van der Waals surface area contributed by atoms with Gasteiger partial charge < -0.3 is 9.47 Å². The Morgan fingerprint density at radius 2 is 1.36 bits per heavy atom. The van der Waals surface area contributed by atoms with Gasteiger partial charge in [0.1, 0.15) is 0 Å². The highest BCUT2D eigenvalue weighted by atomic mass is 15.2. The molecule has 228 valence electrons. The van der Waals surface area contributed by atoms with Gasteiger partial charge in [0.15, 0.2) is 0 Å². The van der Waals surface area contributed by atoms with E-state index in [2.05, 4.69) is 181 Å². The number of nitrogens with zero attached hydrogens (tertiary/aromatic N) is 2. The predicted molar refractivity (Wildman–Crippen MR) is 198 cm³/mol. The first-order valence-corrected chi connectivity index (χ1v) is 16.9. The van der Waals surface area contributed by atoms with Crippen molar-refractivity contribution in [3.63, 3.8) is 0 Å². The summed E-state index contributed by atoms with van der Waals surface area (Å²) in [5.74, 6) is 0.426. The minimum absolute atomic E-state index is 0.0777. The average molecular weight is 607 g/mol. The summed E-state index contributed by atoms with van der Waals surface area (Å²) in [5.41, 5.74) is 13.0. The van der Waals surface area contributed by atoms with Crippen LogP contribution in [0.3, 0.4) is 0 Å². The van der Waals surface area contributed by atoms with Crippen LogP contribution >= 0.6 is 0 Å². The number of allylic oxidation sites excluding steroid dienone is 5. The van der Waals surface area contributed by atoms with E-state index in [0.717, 1.165) is 12.8 Å². The lowest BCUT2D eigenvalue weighted by atomic mass is 9.68. The SMILES string of the molecule is CC1(C)C2=CC=CCC2N(C2=CCC(c3ccccc3)C=C2)c2ccc(-c3ccc(-n4c5ccccc5c5ccccc54)cc3)cc21. The van der Waals surface area contributed by atoms with E-state index in [4.69, 9.17) is 0 Å². The van der Waals surface area contributed by atoms with E-state index < -0.39 is 0 Å². The summed E-state index contributed by atoms with van der Waals surface area (Å²) in [4.78, 5) is 2.61. The highest BCUT2D eigenvalue weighted by Gasteiger charge is 2.43. The molecule has 0 saturated carbocycles. The van der Waals surface area contributed by atoms with Gasteiger partial charge in [-0.15, -0.1) is 0 Å². The zero-order chi connectivity index (χ0) is 31.5. The van der Waals surface area contributed by atoms with Crippen LogP contribution in [0.2, 0.25) is 0 Å². The number of hydrogen-bond donors (Lipinski definition) is 0. The van der Waals surface area contributed by atoms with Crippen LogP contribution in [-0.4, -0.2) is 10.6 Å². The van der Waals surface area contributed by atoms with Gasteiger partial charge in [0, 0.05) is 39.2 Å². The number of rotatable bonds is 4. The summed E-state index contributed by atoms with van der Waals surface area (Å²) < 4.78 is 2.39. The van der Waals surface area contributed by atoms with E-state index >= 15 is 0 Å². The maximum atomic E-state index is 2.61. The van der Waals surface area contributed by atoms with E-state index in [1.807, 2.05) is 0 Å². The molecule has 2 atom stereocenters. The second-order valence-electron chi connectivity index (χ2n) is 13.7. The monoisotopic (exact) mass is 606 g/mol. The third-order valence-electron chi connectivity index (χ3n) is 10.7. The zero-order valence-corrected chi connectivity index (χ0v) is 27.0. The molecule has 9 rings (SSSR count). The van der Waals surface area contributed by atoms with Crippen LogP contribution in [0.4, 0.5) is 5.69 Å². The molecule has 2 unspecified atom stereocenters. The minimum Gasteiger partial charge on any atom is -0.334 e. The molecule has 0 bridgehead atoms. The lowest BCUT2D eigenvalue weighted by Crippen LogP contribution is -2.47. The standard InChI is InChI=1S/C45H38N2/c1-45(2)39-16-8-11-19-43(39)47(36-25-20-32(21-26-36)31-12-4-3-5-13-31)44-29-24-34(30-40(44)45)33-22-27-35(28-23-33)46-41-17-9-6-14-37(41)38-15-7-10-18-42(38)46/h3-18,20,22-30,32,43H,19,21H2,1-2H3. The first kappa shape index (κ1) is 27.9. The Morgan fingerprint density at radius 1 is 0.681 bits per heavy atom. The van der Waals surface area contributed by atoms with Gasteiger partial charge in [0.2, 0.25) is 0 Å². The summed E-state index contributed by atoms with van der Waals surface area (Å²) in [7, 11) is 0. The molecule has 1 aliphatic heterocycles. The molecule has 1 aromatic heterocycles. The van der Waals surface area contributed by atoms with Crippen LogP contribution in [0.5, 0.6) is 0 Å². The fourth-order valence-electron chi connectivity index (χ4n) is 8.29. The normalized spacial score (nSPS) is 19.7. The van der Waals surface area contributed by atoms with Gasteiger partial charge in [0.25, 0.3) is 0 Å². The van der Waals surface area contributed by atoms with Gasteiger partial charge in [0.05, 0.1) is 17.1 Å². The van der Waals surface area contributed by atoms with E-state index in [9.17, 15) is 0 Å². The molecule has 0 spiro atoms. The van der Waals surface area contributed by atoms with Crippen molar-refractivity contribution in [3.8, 4) is 16.8 Å². The molecule has 5 aromatic carbocycles. The molecule has 2 heterocycles. The Balaban J connectivity index is 1.10. The molecule has 0 fully saturated rings. The average Bonchev–Trinajstić information content (AvgIpc) is 3.47. The van der Waals surface area contributed by atoms with Crippen molar-refractivity contribution in [1.29, 1.82) is 0 Å². The van der Waals surface area contributed by atoms with Crippen molar-refractivity contribution in [1.82, 2.24) is 4.57 Å². The van der Waals surface area contributed by atoms with Crippen LogP contribution in [0.15, 0.2) is 169 Å². The Morgan fingerprint density at radius 3 is 2.06 bits per heavy atom. The summed E-state index contributed by atoms with van der Waals surface area (Å²) in [6.07, 6.45) is 16.2. The predicted octanol–water partition coefficient (Wildman–Crippen LogP) is 11.4. The van der Waals surface area contributed by atoms with Gasteiger partial charge in [-0.1, -0.05) is 129 Å². The van der Waals surface area contributed by atoms with Gasteiger partial charge in [-0.25, -0.2) is 0 Å². The number of anilines is 1. The van der Waals surface area contributed by atoms with Crippen molar-refractivity contribution in [2.75, 3.05) is 4.90 Å². The number of para-hydroxylation sites is 2. The van der Waals surface area contributed by atoms with Gasteiger partial charge >= 0.3 is 0 Å². The molecule has 0 N–H and O–H groups in total. The quantitative estimate of drug-likeness (QED) is 0.194. The van der Waals surface area contributed by atoms with Crippen LogP contribution in [-0.2, 0) is 5.41 Å². The Kier molecular flexibility index (Phi) is 6.47. The Hall–Kier alpha value is -5.34. The van der Waals surface area contributed by atoms with Crippen molar-refractivity contribution in [3.05, 3.63) is 180 Å². The van der Waals surface area contributed by atoms with Gasteiger partial charge in [-0.2, -0.15) is 0 Å². The lowest BCUT2D eigenvalue weighted by molar-refractivity contribution is 0.515. The molecule has 0 radical (unpaired) electrons. The summed E-state index contributed by atoms with van der Waals surface area (Å²) >= 11 is 0. The zero-order valence-electron chi connectivity index (χ0n) is 27.0. The van der Waals surface area contributed by atoms with Crippen LogP contribution in [0.25, 0.3) is 38.6 Å². The smallest absolute Gasteiger partial charge is 0.0597 e. The van der Waals surface area contributed by atoms with Crippen molar-refractivity contribution < 1.29 is 0 Å². The molecule has 0 amide bonds. The van der Waals surface area contributed by atoms with E-state index in [1.165, 1.54) is 66.7 Å². The van der Waals surface area contributed by atoms with Crippen LogP contribution < -0.4 is 4.90 Å². The van der Waals surface area contributed by atoms with Gasteiger partial charge in [-0.05, 0) is 83.1 Å². The van der Waals surface area contributed by atoms with Crippen molar-refractivity contribution >= 4 is 27.5 Å². The van der Waals surface area contributed by atoms with Crippen molar-refractivity contribution in [2.24, 2.45) is 0 Å². The third kappa shape index (κ3) is 4.47. The molecule has 0 saturated heterocycles. The number of benzene rings is 5. The summed E-state index contributed by atoms with van der Waals surface area (Å²) in [6, 6.07) is 44.9. The maximum absolute atomic E-state index is 2.61. The molecule has 47 heavy (non-hydrogen) atoms. The lowest BCUT2D eigenvalue weighted by Gasteiger charge is -2.49. The molecule has 2 heteroatoms. The summed E-state index contributed by atoms with van der Waals surface area (Å²) in [5, 5.41) is 2.58. The Labute approximate surface area is 277 Å². The fourth-order valence-corrected chi connectivity index (χ4v) is 8.29. The highest BCUT2D eigenvalue weighted by molar-refractivity contribution is 6.09. The Bertz CT molecular complexity index is 2220. The fraction of sp³-hybridized carbons (Fsp3) is 0.156. The summed E-state index contributed by atoms with van der Waals surface area (Å²) in [6.45, 7) is 4.82. The third-order valence-corrected chi connectivity index (χ3v) is 10.7. The number of fused-ring (bicyclic) bond motifs is 5. The molecule has 2 nitrogen and oxygen atoms in total. The highest BCUT2D eigenvalue weighted by Crippen LogP contribution is 2.51. The molecule has 3 aliphatic rings. The molecule has 6 aromatic rings. The second-order valence-corrected chi connectivity index (χ2v) is 13.7. The second kappa shape index (κ2) is 10.9. The van der Waals surface area contributed by atoms with E-state index in [0.29, 0.717) is 12.0 Å². The van der Waals surface area contributed by atoms with Crippen LogP contribution in [0, 0.1) is 0 Å². The largest absolute Gasteiger partial charge is 0.334 e. The first-order chi connectivity index (χ1) is 23.1. The van der Waals surface area contributed by atoms with Crippen LogP contribution in [0.1, 0.15) is 43.7 Å². The topological polar surface area (TPSA) is 8.17 Å².